The summed E-state index contributed by atoms with van der Waals surface area (Å²) in [7, 11) is 1.73. The summed E-state index contributed by atoms with van der Waals surface area (Å²) >= 11 is 6.15. The number of ether oxygens (including phenoxy) is 1. The molecule has 0 aromatic heterocycles. The minimum Gasteiger partial charge on any atom is -0.375 e. The molecule has 0 heterocycles. The summed E-state index contributed by atoms with van der Waals surface area (Å²) in [5.41, 5.74) is 1.07. The molecule has 0 bridgehead atoms. The van der Waals surface area contributed by atoms with E-state index in [1.54, 1.807) is 7.11 Å². The predicted octanol–water partition coefficient (Wildman–Crippen LogP) is 3.17. The number of nitrogens with one attached hydrogen (secondary N) is 1. The van der Waals surface area contributed by atoms with Crippen LogP contribution in [-0.4, -0.2) is 19.7 Å². The third-order valence-corrected chi connectivity index (χ3v) is 3.58. The van der Waals surface area contributed by atoms with Crippen molar-refractivity contribution in [3.8, 4) is 0 Å². The zero-order valence-corrected chi connectivity index (χ0v) is 10.3. The molecule has 1 aromatic carbocycles. The molecule has 1 unspecified atom stereocenters. The van der Waals surface area contributed by atoms with Gasteiger partial charge in [-0.3, -0.25) is 0 Å². The molecule has 1 aliphatic rings. The van der Waals surface area contributed by atoms with Gasteiger partial charge in [0.25, 0.3) is 0 Å². The van der Waals surface area contributed by atoms with Crippen molar-refractivity contribution in [2.24, 2.45) is 0 Å². The molecule has 2 rings (SSSR count). The molecule has 0 amide bonds. The van der Waals surface area contributed by atoms with Crippen molar-refractivity contribution in [3.05, 3.63) is 34.9 Å². The maximum Gasteiger partial charge on any atom is 0.0959 e. The molecule has 3 heteroatoms. The molecule has 1 saturated carbocycles. The van der Waals surface area contributed by atoms with Gasteiger partial charge in [-0.1, -0.05) is 36.2 Å². The van der Waals surface area contributed by atoms with Crippen LogP contribution in [-0.2, 0) is 4.74 Å². The van der Waals surface area contributed by atoms with E-state index >= 15 is 0 Å². The van der Waals surface area contributed by atoms with E-state index in [-0.39, 0.29) is 6.10 Å². The Labute approximate surface area is 102 Å². The van der Waals surface area contributed by atoms with Gasteiger partial charge >= 0.3 is 0 Å². The van der Waals surface area contributed by atoms with Gasteiger partial charge in [0.05, 0.1) is 6.10 Å². The van der Waals surface area contributed by atoms with E-state index in [9.17, 15) is 0 Å². The molecule has 88 valence electrons. The quantitative estimate of drug-likeness (QED) is 0.852. The average Bonchev–Trinajstić information content (AvgIpc) is 2.23. The SMILES string of the molecule is COC(CNC1CCC1)c1ccccc1Cl. The molecule has 0 aliphatic heterocycles. The molecule has 1 fully saturated rings. The van der Waals surface area contributed by atoms with E-state index in [0.29, 0.717) is 6.04 Å². The van der Waals surface area contributed by atoms with Gasteiger partial charge in [-0.15, -0.1) is 0 Å². The van der Waals surface area contributed by atoms with Crippen LogP contribution in [0.1, 0.15) is 30.9 Å². The number of benzene rings is 1. The van der Waals surface area contributed by atoms with E-state index in [1.165, 1.54) is 19.3 Å². The van der Waals surface area contributed by atoms with Crippen LogP contribution in [0.2, 0.25) is 5.02 Å². The highest BCUT2D eigenvalue weighted by Gasteiger charge is 2.20. The van der Waals surface area contributed by atoms with Gasteiger partial charge in [-0.05, 0) is 18.9 Å². The van der Waals surface area contributed by atoms with Gasteiger partial charge < -0.3 is 10.1 Å². The predicted molar refractivity (Wildman–Crippen MR) is 66.8 cm³/mol. The van der Waals surface area contributed by atoms with Crippen LogP contribution in [0.15, 0.2) is 24.3 Å². The second-order valence-corrected chi connectivity index (χ2v) is 4.69. The Hall–Kier alpha value is -0.570. The monoisotopic (exact) mass is 239 g/mol. The standard InChI is InChI=1S/C13H18ClNO/c1-16-13(9-15-10-5-4-6-10)11-7-2-3-8-12(11)14/h2-3,7-8,10,13,15H,4-6,9H2,1H3. The molecule has 1 N–H and O–H groups in total. The maximum absolute atomic E-state index is 6.15. The Bertz CT molecular complexity index is 338. The fourth-order valence-corrected chi connectivity index (χ4v) is 2.20. The summed E-state index contributed by atoms with van der Waals surface area (Å²) in [6.45, 7) is 0.838. The molecule has 1 aliphatic carbocycles. The first kappa shape index (κ1) is 11.9. The third-order valence-electron chi connectivity index (χ3n) is 3.23. The molecular formula is C13H18ClNO. The number of hydrogen-bond donors (Lipinski definition) is 1. The third kappa shape index (κ3) is 2.76. The van der Waals surface area contributed by atoms with Crippen molar-refractivity contribution in [3.63, 3.8) is 0 Å². The van der Waals surface area contributed by atoms with Crippen LogP contribution in [0.25, 0.3) is 0 Å². The minimum absolute atomic E-state index is 0.0503. The summed E-state index contributed by atoms with van der Waals surface area (Å²) in [5, 5.41) is 4.29. The molecule has 2 nitrogen and oxygen atoms in total. The maximum atomic E-state index is 6.15. The van der Waals surface area contributed by atoms with Gasteiger partial charge in [0.15, 0.2) is 0 Å². The summed E-state index contributed by atoms with van der Waals surface area (Å²) in [5.74, 6) is 0. The number of halogens is 1. The Morgan fingerprint density at radius 1 is 1.44 bits per heavy atom. The Morgan fingerprint density at radius 3 is 2.75 bits per heavy atom. The van der Waals surface area contributed by atoms with Crippen molar-refractivity contribution in [1.82, 2.24) is 5.32 Å². The van der Waals surface area contributed by atoms with Crippen molar-refractivity contribution in [2.75, 3.05) is 13.7 Å². The van der Waals surface area contributed by atoms with Crippen molar-refractivity contribution >= 4 is 11.6 Å². The largest absolute Gasteiger partial charge is 0.375 e. The molecule has 1 aromatic rings. The molecule has 0 saturated heterocycles. The van der Waals surface area contributed by atoms with E-state index in [1.807, 2.05) is 24.3 Å². The lowest BCUT2D eigenvalue weighted by atomic mass is 9.93. The Balaban J connectivity index is 1.95. The van der Waals surface area contributed by atoms with Crippen LogP contribution in [0.4, 0.5) is 0 Å². The molecular weight excluding hydrogens is 222 g/mol. The van der Waals surface area contributed by atoms with Gasteiger partial charge in [0.2, 0.25) is 0 Å². The normalized spacial score (nSPS) is 18.1. The first-order valence-corrected chi connectivity index (χ1v) is 6.19. The topological polar surface area (TPSA) is 21.3 Å². The van der Waals surface area contributed by atoms with Gasteiger partial charge in [-0.2, -0.15) is 0 Å². The lowest BCUT2D eigenvalue weighted by Crippen LogP contribution is -2.38. The van der Waals surface area contributed by atoms with Gasteiger partial charge in [-0.25, -0.2) is 0 Å². The van der Waals surface area contributed by atoms with Crippen LogP contribution in [0.5, 0.6) is 0 Å². The number of methoxy groups -OCH3 is 1. The zero-order chi connectivity index (χ0) is 11.4. The van der Waals surface area contributed by atoms with E-state index in [0.717, 1.165) is 17.1 Å². The van der Waals surface area contributed by atoms with E-state index in [4.69, 9.17) is 16.3 Å². The molecule has 0 radical (unpaired) electrons. The van der Waals surface area contributed by atoms with Crippen molar-refractivity contribution in [2.45, 2.75) is 31.4 Å². The van der Waals surface area contributed by atoms with Crippen LogP contribution < -0.4 is 5.32 Å². The van der Waals surface area contributed by atoms with Gasteiger partial charge in [0, 0.05) is 30.3 Å². The van der Waals surface area contributed by atoms with Crippen molar-refractivity contribution in [1.29, 1.82) is 0 Å². The summed E-state index contributed by atoms with van der Waals surface area (Å²) in [4.78, 5) is 0. The highest BCUT2D eigenvalue weighted by Crippen LogP contribution is 2.25. The molecule has 16 heavy (non-hydrogen) atoms. The fourth-order valence-electron chi connectivity index (χ4n) is 1.94. The lowest BCUT2D eigenvalue weighted by molar-refractivity contribution is 0.0957. The Morgan fingerprint density at radius 2 is 2.19 bits per heavy atom. The second-order valence-electron chi connectivity index (χ2n) is 4.28. The van der Waals surface area contributed by atoms with Gasteiger partial charge in [0.1, 0.15) is 0 Å². The van der Waals surface area contributed by atoms with E-state index in [2.05, 4.69) is 5.32 Å². The first-order valence-electron chi connectivity index (χ1n) is 5.82. The highest BCUT2D eigenvalue weighted by molar-refractivity contribution is 6.31. The Kier molecular flexibility index (Phi) is 4.22. The lowest BCUT2D eigenvalue weighted by Gasteiger charge is -2.28. The zero-order valence-electron chi connectivity index (χ0n) is 9.58. The van der Waals surface area contributed by atoms with Crippen LogP contribution in [0, 0.1) is 0 Å². The highest BCUT2D eigenvalue weighted by atomic mass is 35.5. The number of hydrogen-bond acceptors (Lipinski definition) is 2. The van der Waals surface area contributed by atoms with E-state index < -0.39 is 0 Å². The summed E-state index contributed by atoms with van der Waals surface area (Å²) in [6, 6.07) is 8.56. The summed E-state index contributed by atoms with van der Waals surface area (Å²) < 4.78 is 5.49. The van der Waals surface area contributed by atoms with Crippen LogP contribution in [0.3, 0.4) is 0 Å². The van der Waals surface area contributed by atoms with Crippen molar-refractivity contribution < 1.29 is 4.74 Å². The van der Waals surface area contributed by atoms with Crippen LogP contribution >= 0.6 is 11.6 Å². The number of rotatable bonds is 5. The molecule has 0 spiro atoms. The summed E-state index contributed by atoms with van der Waals surface area (Å²) in [6.07, 6.45) is 3.98. The first-order chi connectivity index (χ1) is 7.81. The minimum atomic E-state index is 0.0503. The fraction of sp³-hybridized carbons (Fsp3) is 0.538. The average molecular weight is 240 g/mol. The molecule has 1 atom stereocenters. The smallest absolute Gasteiger partial charge is 0.0959 e. The second kappa shape index (κ2) is 5.67.